The summed E-state index contributed by atoms with van der Waals surface area (Å²) in [4.78, 5) is 0.586. The van der Waals surface area contributed by atoms with Gasteiger partial charge in [0, 0.05) is 6.07 Å². The highest BCUT2D eigenvalue weighted by atomic mass is 32.2. The summed E-state index contributed by atoms with van der Waals surface area (Å²) in [6.45, 7) is 0. The second-order valence-corrected chi connectivity index (χ2v) is 7.06. The van der Waals surface area contributed by atoms with Crippen LogP contribution in [0.25, 0.3) is 0 Å². The topological polar surface area (TPSA) is 93.1 Å². The van der Waals surface area contributed by atoms with Gasteiger partial charge in [0.1, 0.15) is 23.0 Å². The summed E-state index contributed by atoms with van der Waals surface area (Å²) in [5.41, 5.74) is 0. The van der Waals surface area contributed by atoms with Crippen molar-refractivity contribution in [2.45, 2.75) is 9.79 Å². The van der Waals surface area contributed by atoms with Crippen molar-refractivity contribution in [1.29, 1.82) is 0 Å². The maximum absolute atomic E-state index is 11.0. The SMILES string of the molecule is O=S(O)c1ccc(Oc2cccc(Oc3ccc(S(=O)O)cc3)c2)cc1. The lowest BCUT2D eigenvalue weighted by Crippen LogP contribution is -1.90. The number of rotatable bonds is 6. The largest absolute Gasteiger partial charge is 0.457 e. The van der Waals surface area contributed by atoms with E-state index in [1.165, 1.54) is 24.3 Å². The molecule has 0 aliphatic rings. The van der Waals surface area contributed by atoms with E-state index in [0.717, 1.165) is 0 Å². The summed E-state index contributed by atoms with van der Waals surface area (Å²) < 4.78 is 51.4. The summed E-state index contributed by atoms with van der Waals surface area (Å²) in [6, 6.07) is 19.4. The first kappa shape index (κ1) is 18.3. The quantitative estimate of drug-likeness (QED) is 0.605. The van der Waals surface area contributed by atoms with Gasteiger partial charge in [-0.25, -0.2) is 8.42 Å². The van der Waals surface area contributed by atoms with E-state index >= 15 is 0 Å². The summed E-state index contributed by atoms with van der Waals surface area (Å²) in [5.74, 6) is 2.11. The van der Waals surface area contributed by atoms with Gasteiger partial charge >= 0.3 is 0 Å². The molecule has 3 aromatic carbocycles. The Bertz CT molecular complexity index is 864. The van der Waals surface area contributed by atoms with Crippen LogP contribution in [0.15, 0.2) is 82.6 Å². The van der Waals surface area contributed by atoms with Crippen LogP contribution in [0.3, 0.4) is 0 Å². The molecule has 134 valence electrons. The number of hydrogen-bond acceptors (Lipinski definition) is 4. The Kier molecular flexibility index (Phi) is 5.79. The van der Waals surface area contributed by atoms with Crippen LogP contribution in [-0.4, -0.2) is 17.5 Å². The molecular formula is C18H14O6S2. The molecule has 0 fully saturated rings. The standard InChI is InChI=1S/C18H14O6S2/c19-25(20)17-8-4-13(5-9-17)23-15-2-1-3-16(12-15)24-14-6-10-18(11-7-14)26(21)22/h1-12H,(H,19,20)(H,21,22). The highest BCUT2D eigenvalue weighted by Crippen LogP contribution is 2.29. The maximum Gasteiger partial charge on any atom is 0.186 e. The Balaban J connectivity index is 1.71. The van der Waals surface area contributed by atoms with E-state index in [-0.39, 0.29) is 0 Å². The van der Waals surface area contributed by atoms with Crippen LogP contribution in [0.1, 0.15) is 0 Å². The Labute approximate surface area is 155 Å². The van der Waals surface area contributed by atoms with Gasteiger partial charge in [-0.2, -0.15) is 0 Å². The molecule has 2 unspecified atom stereocenters. The average molecular weight is 390 g/mol. The second kappa shape index (κ2) is 8.24. The van der Waals surface area contributed by atoms with Gasteiger partial charge in [-0.1, -0.05) is 6.07 Å². The molecule has 0 saturated heterocycles. The van der Waals surface area contributed by atoms with E-state index in [2.05, 4.69) is 0 Å². The van der Waals surface area contributed by atoms with Crippen LogP contribution >= 0.6 is 0 Å². The Morgan fingerprint density at radius 3 is 1.31 bits per heavy atom. The second-order valence-electron chi connectivity index (χ2n) is 5.12. The predicted octanol–water partition coefficient (Wildman–Crippen LogP) is 4.43. The first-order valence-electron chi connectivity index (χ1n) is 7.39. The van der Waals surface area contributed by atoms with Crippen LogP contribution in [-0.2, 0) is 22.2 Å². The lowest BCUT2D eigenvalue weighted by molar-refractivity contribution is 0.460. The first-order valence-corrected chi connectivity index (χ1v) is 9.60. The van der Waals surface area contributed by atoms with E-state index in [1.807, 2.05) is 0 Å². The minimum atomic E-state index is -2.03. The van der Waals surface area contributed by atoms with Crippen molar-refractivity contribution in [1.82, 2.24) is 0 Å². The first-order chi connectivity index (χ1) is 12.5. The lowest BCUT2D eigenvalue weighted by Gasteiger charge is -2.09. The predicted molar refractivity (Wildman–Crippen MR) is 97.5 cm³/mol. The third kappa shape index (κ3) is 4.77. The average Bonchev–Trinajstić information content (AvgIpc) is 2.63. The fourth-order valence-corrected chi connectivity index (χ4v) is 2.86. The minimum Gasteiger partial charge on any atom is -0.457 e. The molecule has 0 radical (unpaired) electrons. The molecular weight excluding hydrogens is 376 g/mol. The fourth-order valence-electron chi connectivity index (χ4n) is 2.12. The Hall–Kier alpha value is -2.52. The molecule has 0 spiro atoms. The molecule has 3 aromatic rings. The van der Waals surface area contributed by atoms with Gasteiger partial charge in [0.2, 0.25) is 0 Å². The molecule has 0 heterocycles. The van der Waals surface area contributed by atoms with Gasteiger partial charge in [-0.3, -0.25) is 0 Å². The molecule has 0 aliphatic carbocycles. The van der Waals surface area contributed by atoms with Gasteiger partial charge in [-0.05, 0) is 60.7 Å². The molecule has 0 saturated carbocycles. The number of benzene rings is 3. The molecule has 0 bridgehead atoms. The molecule has 2 atom stereocenters. The van der Waals surface area contributed by atoms with E-state index in [0.29, 0.717) is 32.8 Å². The zero-order valence-corrected chi connectivity index (χ0v) is 14.9. The van der Waals surface area contributed by atoms with Crippen molar-refractivity contribution in [3.63, 3.8) is 0 Å². The van der Waals surface area contributed by atoms with Crippen LogP contribution in [0, 0.1) is 0 Å². The number of ether oxygens (including phenoxy) is 2. The Morgan fingerprint density at radius 2 is 0.962 bits per heavy atom. The molecule has 0 amide bonds. The van der Waals surface area contributed by atoms with Crippen LogP contribution in [0.5, 0.6) is 23.0 Å². The van der Waals surface area contributed by atoms with Gasteiger partial charge in [0.15, 0.2) is 22.2 Å². The van der Waals surface area contributed by atoms with Gasteiger partial charge < -0.3 is 18.6 Å². The van der Waals surface area contributed by atoms with Crippen molar-refractivity contribution in [2.24, 2.45) is 0 Å². The van der Waals surface area contributed by atoms with Gasteiger partial charge in [0.25, 0.3) is 0 Å². The van der Waals surface area contributed by atoms with Gasteiger partial charge in [-0.15, -0.1) is 0 Å². The molecule has 26 heavy (non-hydrogen) atoms. The monoisotopic (exact) mass is 390 g/mol. The summed E-state index contributed by atoms with van der Waals surface area (Å²) in [6.07, 6.45) is 0. The fraction of sp³-hybridized carbons (Fsp3) is 0. The van der Waals surface area contributed by atoms with Crippen LogP contribution in [0.4, 0.5) is 0 Å². The minimum absolute atomic E-state index is 0.293. The summed E-state index contributed by atoms with van der Waals surface area (Å²) in [7, 11) is 0. The van der Waals surface area contributed by atoms with Crippen molar-refractivity contribution in [2.75, 3.05) is 0 Å². The van der Waals surface area contributed by atoms with Crippen LogP contribution < -0.4 is 9.47 Å². The molecule has 0 aliphatic heterocycles. The number of hydrogen-bond donors (Lipinski definition) is 2. The van der Waals surface area contributed by atoms with Crippen molar-refractivity contribution in [3.8, 4) is 23.0 Å². The molecule has 0 aromatic heterocycles. The van der Waals surface area contributed by atoms with Crippen molar-refractivity contribution in [3.05, 3.63) is 72.8 Å². The van der Waals surface area contributed by atoms with Crippen molar-refractivity contribution >= 4 is 22.2 Å². The third-order valence-electron chi connectivity index (χ3n) is 3.33. The lowest BCUT2D eigenvalue weighted by atomic mass is 10.3. The van der Waals surface area contributed by atoms with E-state index in [1.54, 1.807) is 48.5 Å². The smallest absolute Gasteiger partial charge is 0.186 e. The Morgan fingerprint density at radius 1 is 0.577 bits per heavy atom. The maximum atomic E-state index is 11.0. The molecule has 3 rings (SSSR count). The summed E-state index contributed by atoms with van der Waals surface area (Å²) >= 11 is -4.05. The highest BCUT2D eigenvalue weighted by Gasteiger charge is 2.05. The molecule has 6 nitrogen and oxygen atoms in total. The van der Waals surface area contributed by atoms with Crippen LogP contribution in [0.2, 0.25) is 0 Å². The highest BCUT2D eigenvalue weighted by molar-refractivity contribution is 7.79. The van der Waals surface area contributed by atoms with E-state index in [4.69, 9.17) is 18.6 Å². The zero-order chi connectivity index (χ0) is 18.5. The summed E-state index contributed by atoms with van der Waals surface area (Å²) in [5, 5.41) is 0. The normalized spacial score (nSPS) is 13.0. The third-order valence-corrected chi connectivity index (χ3v) is 4.68. The van der Waals surface area contributed by atoms with E-state index in [9.17, 15) is 8.42 Å². The molecule has 8 heteroatoms. The van der Waals surface area contributed by atoms with Crippen molar-refractivity contribution < 1.29 is 27.0 Å². The van der Waals surface area contributed by atoms with E-state index < -0.39 is 22.2 Å². The van der Waals surface area contributed by atoms with Gasteiger partial charge in [0.05, 0.1) is 9.79 Å². The molecule has 2 N–H and O–H groups in total. The zero-order valence-electron chi connectivity index (χ0n) is 13.3.